The van der Waals surface area contributed by atoms with Crippen LogP contribution in [0.15, 0.2) is 65.7 Å². The lowest BCUT2D eigenvalue weighted by molar-refractivity contribution is 0.761. The van der Waals surface area contributed by atoms with Gasteiger partial charge in [-0.2, -0.15) is 0 Å². The van der Waals surface area contributed by atoms with E-state index < -0.39 is 0 Å². The first-order valence-electron chi connectivity index (χ1n) is 6.97. The fraction of sp³-hybridized carbons (Fsp3) is 0.235. The van der Waals surface area contributed by atoms with Gasteiger partial charge in [0.2, 0.25) is 0 Å². The number of nitrogens with one attached hydrogen (secondary N) is 1. The van der Waals surface area contributed by atoms with Gasteiger partial charge in [-0.25, -0.2) is 0 Å². The molecule has 1 aliphatic rings. The number of thioether (sulfide) groups is 1. The van der Waals surface area contributed by atoms with E-state index in [4.69, 9.17) is 0 Å². The van der Waals surface area contributed by atoms with Crippen LogP contribution >= 0.6 is 11.8 Å². The topological polar surface area (TPSA) is 24.4 Å². The quantitative estimate of drug-likeness (QED) is 0.924. The summed E-state index contributed by atoms with van der Waals surface area (Å²) in [4.78, 5) is 4.59. The number of amidine groups is 1. The van der Waals surface area contributed by atoms with Gasteiger partial charge in [0, 0.05) is 12.3 Å². The van der Waals surface area contributed by atoms with Crippen molar-refractivity contribution < 1.29 is 0 Å². The summed E-state index contributed by atoms with van der Waals surface area (Å²) in [6.07, 6.45) is 1.18. The van der Waals surface area contributed by atoms with Gasteiger partial charge in [-0.3, -0.25) is 4.99 Å². The van der Waals surface area contributed by atoms with E-state index in [2.05, 4.69) is 71.0 Å². The smallest absolute Gasteiger partial charge is 0.157 e. The van der Waals surface area contributed by atoms with E-state index in [1.807, 2.05) is 11.8 Å². The first-order chi connectivity index (χ1) is 9.93. The lowest BCUT2D eigenvalue weighted by Gasteiger charge is -2.23. The van der Waals surface area contributed by atoms with Gasteiger partial charge < -0.3 is 5.32 Å². The summed E-state index contributed by atoms with van der Waals surface area (Å²) < 4.78 is 0. The number of hydrogen-bond donors (Lipinski definition) is 1. The second-order valence-electron chi connectivity index (χ2n) is 4.79. The van der Waals surface area contributed by atoms with Crippen LogP contribution in [0.5, 0.6) is 0 Å². The largest absolute Gasteiger partial charge is 0.354 e. The number of aliphatic imine (C=N–C) groups is 1. The normalized spacial score (nSPS) is 14.9. The Morgan fingerprint density at radius 1 is 0.900 bits per heavy atom. The molecule has 0 amide bonds. The van der Waals surface area contributed by atoms with Crippen molar-refractivity contribution in [3.63, 3.8) is 0 Å². The minimum absolute atomic E-state index is 0.168. The van der Waals surface area contributed by atoms with Crippen molar-refractivity contribution in [1.82, 2.24) is 5.32 Å². The second-order valence-corrected chi connectivity index (χ2v) is 5.87. The molecule has 102 valence electrons. The molecule has 0 unspecified atom stereocenters. The summed E-state index contributed by atoms with van der Waals surface area (Å²) in [5.74, 6) is 1.15. The standard InChI is InChI=1S/C17H18N2S/c1-3-8-14(9-4-1)16(15-10-5-2-6-11-15)19-17-18-12-7-13-20-17/h1-6,8-11,16H,7,12-13H2,(H,18,19). The van der Waals surface area contributed by atoms with Gasteiger partial charge in [0.15, 0.2) is 5.17 Å². The van der Waals surface area contributed by atoms with Crippen molar-refractivity contribution in [3.05, 3.63) is 71.8 Å². The number of nitrogens with zero attached hydrogens (tertiary/aromatic N) is 1. The monoisotopic (exact) mass is 282 g/mol. The summed E-state index contributed by atoms with van der Waals surface area (Å²) in [5, 5.41) is 4.67. The van der Waals surface area contributed by atoms with E-state index >= 15 is 0 Å². The maximum absolute atomic E-state index is 4.59. The van der Waals surface area contributed by atoms with Gasteiger partial charge in [-0.15, -0.1) is 0 Å². The highest BCUT2D eigenvalue weighted by atomic mass is 32.2. The van der Waals surface area contributed by atoms with Gasteiger partial charge >= 0.3 is 0 Å². The fourth-order valence-electron chi connectivity index (χ4n) is 2.32. The SMILES string of the molecule is c1ccc(C(NC2=NCCCS2)c2ccccc2)cc1. The molecule has 1 heterocycles. The van der Waals surface area contributed by atoms with Crippen molar-refractivity contribution in [3.8, 4) is 0 Å². The number of rotatable bonds is 3. The molecule has 0 atom stereocenters. The van der Waals surface area contributed by atoms with Gasteiger partial charge in [0.05, 0.1) is 6.04 Å². The predicted octanol–water partition coefficient (Wildman–Crippen LogP) is 3.86. The van der Waals surface area contributed by atoms with Crippen LogP contribution in [0.1, 0.15) is 23.6 Å². The third-order valence-electron chi connectivity index (χ3n) is 3.33. The first kappa shape index (κ1) is 13.3. The Kier molecular flexibility index (Phi) is 4.38. The molecule has 0 aliphatic carbocycles. The van der Waals surface area contributed by atoms with Crippen LogP contribution in [-0.2, 0) is 0 Å². The highest BCUT2D eigenvalue weighted by Crippen LogP contribution is 2.24. The van der Waals surface area contributed by atoms with Crippen LogP contribution in [0.2, 0.25) is 0 Å². The van der Waals surface area contributed by atoms with E-state index in [-0.39, 0.29) is 6.04 Å². The Morgan fingerprint density at radius 3 is 2.00 bits per heavy atom. The molecule has 1 aliphatic heterocycles. The molecule has 3 rings (SSSR count). The van der Waals surface area contributed by atoms with Crippen molar-refractivity contribution in [2.24, 2.45) is 4.99 Å². The summed E-state index contributed by atoms with van der Waals surface area (Å²) >= 11 is 1.82. The van der Waals surface area contributed by atoms with Crippen molar-refractivity contribution >= 4 is 16.9 Å². The zero-order valence-corrected chi connectivity index (χ0v) is 12.1. The summed E-state index contributed by atoms with van der Waals surface area (Å²) in [7, 11) is 0. The van der Waals surface area contributed by atoms with Gasteiger partial charge in [0.1, 0.15) is 0 Å². The lowest BCUT2D eigenvalue weighted by atomic mass is 9.99. The first-order valence-corrected chi connectivity index (χ1v) is 7.96. The van der Waals surface area contributed by atoms with Crippen molar-refractivity contribution in [1.29, 1.82) is 0 Å². The maximum Gasteiger partial charge on any atom is 0.157 e. The molecule has 0 spiro atoms. The molecule has 0 saturated carbocycles. The van der Waals surface area contributed by atoms with Gasteiger partial charge in [0.25, 0.3) is 0 Å². The molecule has 0 saturated heterocycles. The predicted molar refractivity (Wildman–Crippen MR) is 87.2 cm³/mol. The molecule has 2 aromatic rings. The van der Waals surface area contributed by atoms with Crippen LogP contribution in [0.3, 0.4) is 0 Å². The summed E-state index contributed by atoms with van der Waals surface area (Å²) in [6, 6.07) is 21.3. The third kappa shape index (κ3) is 3.23. The summed E-state index contributed by atoms with van der Waals surface area (Å²) in [6.45, 7) is 0.936. The molecule has 1 N–H and O–H groups in total. The van der Waals surface area contributed by atoms with Crippen LogP contribution in [0, 0.1) is 0 Å². The van der Waals surface area contributed by atoms with Crippen LogP contribution in [0.25, 0.3) is 0 Å². The lowest BCUT2D eigenvalue weighted by Crippen LogP contribution is -2.29. The molecule has 0 bridgehead atoms. The van der Waals surface area contributed by atoms with E-state index in [1.54, 1.807) is 0 Å². The average molecular weight is 282 g/mol. The molecule has 3 heteroatoms. The average Bonchev–Trinajstić information content (AvgIpc) is 2.55. The van der Waals surface area contributed by atoms with E-state index in [0.29, 0.717) is 0 Å². The minimum Gasteiger partial charge on any atom is -0.354 e. The molecule has 2 nitrogen and oxygen atoms in total. The molecular weight excluding hydrogens is 264 g/mol. The van der Waals surface area contributed by atoms with Crippen molar-refractivity contribution in [2.75, 3.05) is 12.3 Å². The Morgan fingerprint density at radius 2 is 1.50 bits per heavy atom. The van der Waals surface area contributed by atoms with Crippen LogP contribution in [0.4, 0.5) is 0 Å². The Balaban J connectivity index is 1.89. The molecule has 0 radical (unpaired) electrons. The summed E-state index contributed by atoms with van der Waals surface area (Å²) in [5.41, 5.74) is 2.54. The zero-order chi connectivity index (χ0) is 13.6. The molecule has 0 aromatic heterocycles. The second kappa shape index (κ2) is 6.62. The minimum atomic E-state index is 0.168. The highest BCUT2D eigenvalue weighted by molar-refractivity contribution is 8.13. The maximum atomic E-state index is 4.59. The number of hydrogen-bond acceptors (Lipinski definition) is 3. The van der Waals surface area contributed by atoms with Crippen LogP contribution < -0.4 is 5.32 Å². The highest BCUT2D eigenvalue weighted by Gasteiger charge is 2.16. The number of benzene rings is 2. The zero-order valence-electron chi connectivity index (χ0n) is 11.3. The van der Waals surface area contributed by atoms with Crippen LogP contribution in [-0.4, -0.2) is 17.5 Å². The van der Waals surface area contributed by atoms with E-state index in [1.165, 1.54) is 17.5 Å². The van der Waals surface area contributed by atoms with Gasteiger partial charge in [-0.05, 0) is 17.5 Å². The van der Waals surface area contributed by atoms with E-state index in [0.717, 1.165) is 17.5 Å². The molecular formula is C17H18N2S. The van der Waals surface area contributed by atoms with Crippen molar-refractivity contribution in [2.45, 2.75) is 12.5 Å². The Bertz CT molecular complexity index is 527. The molecule has 20 heavy (non-hydrogen) atoms. The molecule has 0 fully saturated rings. The Labute approximate surface area is 124 Å². The third-order valence-corrected chi connectivity index (χ3v) is 4.34. The van der Waals surface area contributed by atoms with Gasteiger partial charge in [-0.1, -0.05) is 72.4 Å². The fourth-order valence-corrected chi connectivity index (χ4v) is 3.17. The van der Waals surface area contributed by atoms with E-state index in [9.17, 15) is 0 Å². The Hall–Kier alpha value is -1.74. The molecule has 2 aromatic carbocycles.